The minimum absolute atomic E-state index is 0.0182. The van der Waals surface area contributed by atoms with Crippen LogP contribution < -0.4 is 5.32 Å². The molecule has 0 aromatic heterocycles. The van der Waals surface area contributed by atoms with Crippen molar-refractivity contribution in [1.29, 1.82) is 0 Å². The number of carbonyl (C=O) groups excluding carboxylic acids is 1. The molecule has 4 nitrogen and oxygen atoms in total. The van der Waals surface area contributed by atoms with Crippen LogP contribution in [0.4, 0.5) is 0 Å². The Morgan fingerprint density at radius 2 is 1.91 bits per heavy atom. The summed E-state index contributed by atoms with van der Waals surface area (Å²) in [7, 11) is 0. The molecule has 22 heavy (non-hydrogen) atoms. The van der Waals surface area contributed by atoms with Gasteiger partial charge in [0.1, 0.15) is 6.10 Å². The highest BCUT2D eigenvalue weighted by molar-refractivity contribution is 5.81. The first kappa shape index (κ1) is 15.5. The van der Waals surface area contributed by atoms with Gasteiger partial charge in [0.05, 0.1) is 11.6 Å². The zero-order valence-corrected chi connectivity index (χ0v) is 13.5. The summed E-state index contributed by atoms with van der Waals surface area (Å²) in [5.74, 6) is 0.0182. The summed E-state index contributed by atoms with van der Waals surface area (Å²) < 4.78 is 6.11. The molecule has 1 spiro atoms. The maximum Gasteiger partial charge on any atom is 0.249 e. The highest BCUT2D eigenvalue weighted by Gasteiger charge is 2.46. The Labute approximate surface area is 132 Å². The second-order valence-corrected chi connectivity index (χ2v) is 6.63. The number of hydrogen-bond acceptors (Lipinski definition) is 3. The normalized spacial score (nSPS) is 28.5. The molecule has 1 N–H and O–H groups in total. The monoisotopic (exact) mass is 302 g/mol. The zero-order valence-electron chi connectivity index (χ0n) is 13.5. The van der Waals surface area contributed by atoms with Crippen LogP contribution in [0.2, 0.25) is 0 Å². The molecular formula is C18H26N2O2. The SMILES string of the molecule is CC1OC2(CCN(CCc3ccccc3)CC2)C(C)NC1=O. The Hall–Kier alpha value is -1.39. The van der Waals surface area contributed by atoms with Crippen molar-refractivity contribution in [1.82, 2.24) is 10.2 Å². The number of rotatable bonds is 3. The molecule has 4 heteroatoms. The molecule has 2 heterocycles. The van der Waals surface area contributed by atoms with Crippen LogP contribution in [-0.2, 0) is 16.0 Å². The topological polar surface area (TPSA) is 41.6 Å². The van der Waals surface area contributed by atoms with Gasteiger partial charge in [-0.05, 0) is 38.7 Å². The summed E-state index contributed by atoms with van der Waals surface area (Å²) in [4.78, 5) is 14.2. The molecule has 1 amide bonds. The van der Waals surface area contributed by atoms with E-state index in [1.165, 1.54) is 5.56 Å². The average Bonchev–Trinajstić information content (AvgIpc) is 2.54. The Bertz CT molecular complexity index is 509. The van der Waals surface area contributed by atoms with Gasteiger partial charge in [-0.15, -0.1) is 0 Å². The van der Waals surface area contributed by atoms with E-state index in [4.69, 9.17) is 4.74 Å². The number of carbonyl (C=O) groups is 1. The molecule has 1 aromatic carbocycles. The van der Waals surface area contributed by atoms with E-state index in [2.05, 4.69) is 47.5 Å². The minimum Gasteiger partial charge on any atom is -0.360 e. The van der Waals surface area contributed by atoms with Gasteiger partial charge in [0.25, 0.3) is 0 Å². The molecule has 0 bridgehead atoms. The summed E-state index contributed by atoms with van der Waals surface area (Å²) in [6.07, 6.45) is 2.76. The third-order valence-corrected chi connectivity index (χ3v) is 5.19. The lowest BCUT2D eigenvalue weighted by atomic mass is 9.83. The Balaban J connectivity index is 1.53. The smallest absolute Gasteiger partial charge is 0.249 e. The molecule has 3 rings (SSSR count). The number of piperidine rings is 1. The van der Waals surface area contributed by atoms with Crippen molar-refractivity contribution in [2.75, 3.05) is 19.6 Å². The molecule has 2 atom stereocenters. The van der Waals surface area contributed by atoms with Gasteiger partial charge in [-0.2, -0.15) is 0 Å². The lowest BCUT2D eigenvalue weighted by Crippen LogP contribution is -2.65. The van der Waals surface area contributed by atoms with Gasteiger partial charge in [-0.1, -0.05) is 30.3 Å². The lowest BCUT2D eigenvalue weighted by molar-refractivity contribution is -0.178. The third kappa shape index (κ3) is 3.18. The van der Waals surface area contributed by atoms with Crippen LogP contribution in [0.1, 0.15) is 32.3 Å². The molecule has 2 aliphatic rings. The quantitative estimate of drug-likeness (QED) is 0.928. The van der Waals surface area contributed by atoms with E-state index >= 15 is 0 Å². The number of amides is 1. The highest BCUT2D eigenvalue weighted by Crippen LogP contribution is 2.33. The Kier molecular flexibility index (Phi) is 4.50. The third-order valence-electron chi connectivity index (χ3n) is 5.19. The lowest BCUT2D eigenvalue weighted by Gasteiger charge is -2.49. The number of nitrogens with one attached hydrogen (secondary N) is 1. The zero-order chi connectivity index (χ0) is 15.6. The van der Waals surface area contributed by atoms with E-state index in [0.717, 1.165) is 38.9 Å². The average molecular weight is 302 g/mol. The Morgan fingerprint density at radius 3 is 2.59 bits per heavy atom. The number of ether oxygens (including phenoxy) is 1. The van der Waals surface area contributed by atoms with Gasteiger partial charge in [0.2, 0.25) is 5.91 Å². The van der Waals surface area contributed by atoms with Crippen molar-refractivity contribution >= 4 is 5.91 Å². The minimum atomic E-state index is -0.327. The molecule has 0 saturated carbocycles. The fourth-order valence-corrected chi connectivity index (χ4v) is 3.61. The van der Waals surface area contributed by atoms with Crippen LogP contribution in [0.15, 0.2) is 30.3 Å². The number of likely N-dealkylation sites (tertiary alicyclic amines) is 1. The molecule has 1 aromatic rings. The fourth-order valence-electron chi connectivity index (χ4n) is 3.61. The van der Waals surface area contributed by atoms with Crippen molar-refractivity contribution in [3.05, 3.63) is 35.9 Å². The van der Waals surface area contributed by atoms with Crippen LogP contribution in [0.25, 0.3) is 0 Å². The second kappa shape index (κ2) is 6.39. The molecular weight excluding hydrogens is 276 g/mol. The van der Waals surface area contributed by atoms with Crippen LogP contribution in [0.5, 0.6) is 0 Å². The van der Waals surface area contributed by atoms with Gasteiger partial charge >= 0.3 is 0 Å². The molecule has 2 fully saturated rings. The van der Waals surface area contributed by atoms with Crippen molar-refractivity contribution in [3.63, 3.8) is 0 Å². The summed E-state index contributed by atoms with van der Waals surface area (Å²) in [6.45, 7) is 7.10. The van der Waals surface area contributed by atoms with Gasteiger partial charge in [0, 0.05) is 19.6 Å². The molecule has 120 valence electrons. The predicted octanol–water partition coefficient (Wildman–Crippen LogP) is 1.99. The molecule has 0 radical (unpaired) electrons. The van der Waals surface area contributed by atoms with E-state index < -0.39 is 0 Å². The first-order chi connectivity index (χ1) is 10.6. The first-order valence-corrected chi connectivity index (χ1v) is 8.33. The second-order valence-electron chi connectivity index (χ2n) is 6.63. The number of benzene rings is 1. The van der Waals surface area contributed by atoms with Crippen LogP contribution >= 0.6 is 0 Å². The number of morpholine rings is 1. The van der Waals surface area contributed by atoms with E-state index in [1.807, 2.05) is 6.92 Å². The largest absolute Gasteiger partial charge is 0.360 e. The van der Waals surface area contributed by atoms with Gasteiger partial charge in [0.15, 0.2) is 0 Å². The number of hydrogen-bond donors (Lipinski definition) is 1. The highest BCUT2D eigenvalue weighted by atomic mass is 16.5. The summed E-state index contributed by atoms with van der Waals surface area (Å²) in [5, 5.41) is 3.08. The maximum atomic E-state index is 11.7. The molecule has 2 aliphatic heterocycles. The first-order valence-electron chi connectivity index (χ1n) is 8.33. The predicted molar refractivity (Wildman–Crippen MR) is 86.7 cm³/mol. The van der Waals surface area contributed by atoms with Crippen molar-refractivity contribution in [2.24, 2.45) is 0 Å². The fraction of sp³-hybridized carbons (Fsp3) is 0.611. The van der Waals surface area contributed by atoms with Gasteiger partial charge in [-0.3, -0.25) is 4.79 Å². The van der Waals surface area contributed by atoms with Crippen molar-refractivity contribution in [3.8, 4) is 0 Å². The van der Waals surface area contributed by atoms with Gasteiger partial charge < -0.3 is 15.0 Å². The molecule has 0 aliphatic carbocycles. The van der Waals surface area contributed by atoms with E-state index in [0.29, 0.717) is 0 Å². The number of nitrogens with zero attached hydrogens (tertiary/aromatic N) is 1. The van der Waals surface area contributed by atoms with E-state index in [-0.39, 0.29) is 23.7 Å². The van der Waals surface area contributed by atoms with E-state index in [1.54, 1.807) is 0 Å². The van der Waals surface area contributed by atoms with Crippen molar-refractivity contribution < 1.29 is 9.53 Å². The molecule has 2 unspecified atom stereocenters. The van der Waals surface area contributed by atoms with Crippen LogP contribution in [0.3, 0.4) is 0 Å². The molecule has 2 saturated heterocycles. The summed E-state index contributed by atoms with van der Waals surface area (Å²) in [5.41, 5.74) is 1.22. The van der Waals surface area contributed by atoms with Crippen LogP contribution in [-0.4, -0.2) is 48.2 Å². The maximum absolute atomic E-state index is 11.7. The standard InChI is InChI=1S/C18H26N2O2/c1-14-17(21)19-15(2)18(22-14)9-12-20(13-10-18)11-8-16-6-4-3-5-7-16/h3-7,14-15H,8-13H2,1-2H3,(H,19,21). The van der Waals surface area contributed by atoms with E-state index in [9.17, 15) is 4.79 Å². The van der Waals surface area contributed by atoms with Gasteiger partial charge in [-0.25, -0.2) is 0 Å². The summed E-state index contributed by atoms with van der Waals surface area (Å²) in [6, 6.07) is 10.7. The van der Waals surface area contributed by atoms with Crippen LogP contribution in [0, 0.1) is 0 Å². The summed E-state index contributed by atoms with van der Waals surface area (Å²) >= 11 is 0. The Morgan fingerprint density at radius 1 is 1.23 bits per heavy atom. The van der Waals surface area contributed by atoms with Crippen molar-refractivity contribution in [2.45, 2.75) is 50.9 Å².